The number of para-hydroxylation sites is 1. The van der Waals surface area contributed by atoms with Crippen LogP contribution in [0.2, 0.25) is 0 Å². The summed E-state index contributed by atoms with van der Waals surface area (Å²) in [7, 11) is 0. The van der Waals surface area contributed by atoms with Gasteiger partial charge in [0.15, 0.2) is 17.7 Å². The van der Waals surface area contributed by atoms with Crippen LogP contribution in [0.5, 0.6) is 5.75 Å². The Bertz CT molecular complexity index is 943. The van der Waals surface area contributed by atoms with E-state index in [2.05, 4.69) is 10.6 Å². The maximum absolute atomic E-state index is 13.6. The third-order valence-corrected chi connectivity index (χ3v) is 4.52. The molecule has 152 valence electrons. The van der Waals surface area contributed by atoms with Gasteiger partial charge in [-0.3, -0.25) is 14.5 Å². The molecule has 0 saturated carbocycles. The number of halogens is 1. The number of hydrogen-bond acceptors (Lipinski definition) is 4. The van der Waals surface area contributed by atoms with Crippen molar-refractivity contribution in [2.45, 2.75) is 39.0 Å². The summed E-state index contributed by atoms with van der Waals surface area (Å²) < 4.78 is 19.0. The summed E-state index contributed by atoms with van der Waals surface area (Å²) in [6.07, 6.45) is -0.903. The van der Waals surface area contributed by atoms with Crippen LogP contribution in [0, 0.1) is 5.82 Å². The van der Waals surface area contributed by atoms with Crippen LogP contribution in [0.15, 0.2) is 48.5 Å². The Morgan fingerprint density at radius 2 is 1.83 bits per heavy atom. The molecule has 0 spiro atoms. The van der Waals surface area contributed by atoms with Crippen molar-refractivity contribution in [1.82, 2.24) is 10.2 Å². The minimum absolute atomic E-state index is 0.00183. The summed E-state index contributed by atoms with van der Waals surface area (Å²) in [5.74, 6) is -1.27. The van der Waals surface area contributed by atoms with Gasteiger partial charge in [-0.1, -0.05) is 24.3 Å². The highest BCUT2D eigenvalue weighted by molar-refractivity contribution is 6.06. The summed E-state index contributed by atoms with van der Waals surface area (Å²) in [6, 6.07) is 12.2. The van der Waals surface area contributed by atoms with Gasteiger partial charge in [0.25, 0.3) is 11.8 Å². The summed E-state index contributed by atoms with van der Waals surface area (Å²) in [4.78, 5) is 37.6. The lowest BCUT2D eigenvalue weighted by Gasteiger charge is -2.17. The number of ether oxygens (including phenoxy) is 1. The Morgan fingerprint density at radius 3 is 2.41 bits per heavy atom. The Hall–Kier alpha value is -3.42. The molecule has 3 rings (SSSR count). The molecule has 0 aromatic heterocycles. The predicted octanol–water partition coefficient (Wildman–Crippen LogP) is 3.06. The molecule has 1 atom stereocenters. The summed E-state index contributed by atoms with van der Waals surface area (Å²) in [6.45, 7) is 4.96. The van der Waals surface area contributed by atoms with Crippen molar-refractivity contribution in [3.05, 3.63) is 59.9 Å². The summed E-state index contributed by atoms with van der Waals surface area (Å²) in [5, 5.41) is 5.31. The highest BCUT2D eigenvalue weighted by atomic mass is 19.1. The number of carbonyl (C=O) groups is 3. The number of nitrogens with one attached hydrogen (secondary N) is 2. The predicted molar refractivity (Wildman–Crippen MR) is 105 cm³/mol. The Labute approximate surface area is 167 Å². The lowest BCUT2D eigenvalue weighted by Crippen LogP contribution is -2.40. The molecule has 1 fully saturated rings. The summed E-state index contributed by atoms with van der Waals surface area (Å²) >= 11 is 0. The molecule has 2 N–H and O–H groups in total. The van der Waals surface area contributed by atoms with Gasteiger partial charge < -0.3 is 15.4 Å². The number of urea groups is 1. The van der Waals surface area contributed by atoms with Crippen molar-refractivity contribution in [2.24, 2.45) is 0 Å². The standard InChI is InChI=1S/C21H22FN3O4/c1-13(29-17-7-5-4-6-16(17)22)18(26)23-15-10-8-14(9-11-15)12-25-19(27)21(2,3)24-20(25)28/h4-11,13H,12H2,1-3H3,(H,23,26)(H,24,28)/t13-/m1/s1. The molecule has 8 heteroatoms. The van der Waals surface area contributed by atoms with Crippen LogP contribution in [-0.2, 0) is 16.1 Å². The van der Waals surface area contributed by atoms with Crippen molar-refractivity contribution in [2.75, 3.05) is 5.32 Å². The van der Waals surface area contributed by atoms with E-state index in [1.165, 1.54) is 25.1 Å². The molecule has 0 bridgehead atoms. The van der Waals surface area contributed by atoms with Gasteiger partial charge in [-0.15, -0.1) is 0 Å². The molecule has 29 heavy (non-hydrogen) atoms. The molecule has 0 radical (unpaired) electrons. The Balaban J connectivity index is 1.59. The average molecular weight is 399 g/mol. The van der Waals surface area contributed by atoms with E-state index in [1.54, 1.807) is 44.2 Å². The smallest absolute Gasteiger partial charge is 0.325 e. The van der Waals surface area contributed by atoms with E-state index in [9.17, 15) is 18.8 Å². The van der Waals surface area contributed by atoms with Crippen LogP contribution in [0.25, 0.3) is 0 Å². The molecule has 0 unspecified atom stereocenters. The average Bonchev–Trinajstić information content (AvgIpc) is 2.86. The maximum Gasteiger partial charge on any atom is 0.325 e. The Kier molecular flexibility index (Phi) is 5.54. The van der Waals surface area contributed by atoms with Crippen LogP contribution in [0.4, 0.5) is 14.9 Å². The molecule has 1 heterocycles. The van der Waals surface area contributed by atoms with Crippen LogP contribution >= 0.6 is 0 Å². The van der Waals surface area contributed by atoms with E-state index in [4.69, 9.17) is 4.74 Å². The van der Waals surface area contributed by atoms with Crippen LogP contribution < -0.4 is 15.4 Å². The van der Waals surface area contributed by atoms with Gasteiger partial charge in [0.1, 0.15) is 5.54 Å². The molecule has 0 aliphatic carbocycles. The van der Waals surface area contributed by atoms with Gasteiger partial charge in [0.05, 0.1) is 6.54 Å². The second-order valence-corrected chi connectivity index (χ2v) is 7.32. The number of hydrogen-bond donors (Lipinski definition) is 2. The first-order chi connectivity index (χ1) is 13.7. The van der Waals surface area contributed by atoms with Crippen LogP contribution in [0.3, 0.4) is 0 Å². The lowest BCUT2D eigenvalue weighted by molar-refractivity contribution is -0.130. The molecule has 7 nitrogen and oxygen atoms in total. The number of benzene rings is 2. The fourth-order valence-corrected chi connectivity index (χ4v) is 2.87. The van der Waals surface area contributed by atoms with Crippen LogP contribution in [-0.4, -0.2) is 34.4 Å². The second kappa shape index (κ2) is 7.90. The normalized spacial score (nSPS) is 16.3. The highest BCUT2D eigenvalue weighted by Crippen LogP contribution is 2.21. The number of anilines is 1. The van der Waals surface area contributed by atoms with Gasteiger partial charge in [-0.05, 0) is 50.6 Å². The molecule has 4 amide bonds. The third-order valence-electron chi connectivity index (χ3n) is 4.52. The SMILES string of the molecule is C[C@@H](Oc1ccccc1F)C(=O)Nc1ccc(CN2C(=O)NC(C)(C)C2=O)cc1. The van der Waals surface area contributed by atoms with Crippen molar-refractivity contribution < 1.29 is 23.5 Å². The molecular formula is C21H22FN3O4. The van der Waals surface area contributed by atoms with Crippen LogP contribution in [0.1, 0.15) is 26.3 Å². The monoisotopic (exact) mass is 399 g/mol. The zero-order valence-electron chi connectivity index (χ0n) is 16.4. The fraction of sp³-hybridized carbons (Fsp3) is 0.286. The molecular weight excluding hydrogens is 377 g/mol. The van der Waals surface area contributed by atoms with Crippen molar-refractivity contribution in [1.29, 1.82) is 0 Å². The molecule has 2 aromatic rings. The van der Waals surface area contributed by atoms with Gasteiger partial charge in [-0.2, -0.15) is 0 Å². The first-order valence-electron chi connectivity index (χ1n) is 9.12. The second-order valence-electron chi connectivity index (χ2n) is 7.32. The number of nitrogens with zero attached hydrogens (tertiary/aromatic N) is 1. The maximum atomic E-state index is 13.6. The van der Waals surface area contributed by atoms with Gasteiger partial charge in [-0.25, -0.2) is 9.18 Å². The van der Waals surface area contributed by atoms with E-state index < -0.39 is 29.4 Å². The third kappa shape index (κ3) is 4.53. The van der Waals surface area contributed by atoms with E-state index in [0.717, 1.165) is 10.5 Å². The lowest BCUT2D eigenvalue weighted by atomic mass is 10.1. The van der Waals surface area contributed by atoms with E-state index in [1.807, 2.05) is 0 Å². The molecule has 1 aliphatic rings. The number of amides is 4. The molecule has 2 aromatic carbocycles. The quantitative estimate of drug-likeness (QED) is 0.731. The topological polar surface area (TPSA) is 87.7 Å². The number of carbonyl (C=O) groups excluding carboxylic acids is 3. The van der Waals surface area contributed by atoms with Crippen molar-refractivity contribution in [3.63, 3.8) is 0 Å². The minimum Gasteiger partial charge on any atom is -0.478 e. The Morgan fingerprint density at radius 1 is 1.17 bits per heavy atom. The van der Waals surface area contributed by atoms with E-state index in [0.29, 0.717) is 5.69 Å². The first kappa shape index (κ1) is 20.3. The number of imide groups is 1. The van der Waals surface area contributed by atoms with E-state index in [-0.39, 0.29) is 18.2 Å². The van der Waals surface area contributed by atoms with Gasteiger partial charge >= 0.3 is 6.03 Å². The first-order valence-corrected chi connectivity index (χ1v) is 9.12. The summed E-state index contributed by atoms with van der Waals surface area (Å²) in [5.41, 5.74) is 0.333. The van der Waals surface area contributed by atoms with Crippen molar-refractivity contribution >= 4 is 23.5 Å². The largest absolute Gasteiger partial charge is 0.478 e. The zero-order chi connectivity index (χ0) is 21.2. The van der Waals surface area contributed by atoms with Gasteiger partial charge in [0, 0.05) is 5.69 Å². The number of rotatable bonds is 6. The minimum atomic E-state index is -0.917. The van der Waals surface area contributed by atoms with E-state index >= 15 is 0 Å². The highest BCUT2D eigenvalue weighted by Gasteiger charge is 2.44. The van der Waals surface area contributed by atoms with Gasteiger partial charge in [0.2, 0.25) is 0 Å². The molecule has 1 saturated heterocycles. The fourth-order valence-electron chi connectivity index (χ4n) is 2.87. The molecule has 1 aliphatic heterocycles. The van der Waals surface area contributed by atoms with Crippen molar-refractivity contribution in [3.8, 4) is 5.75 Å². The zero-order valence-corrected chi connectivity index (χ0v) is 16.4.